The van der Waals surface area contributed by atoms with Crippen LogP contribution in [0.4, 0.5) is 0 Å². The molecule has 0 radical (unpaired) electrons. The summed E-state index contributed by atoms with van der Waals surface area (Å²) in [6.07, 6.45) is 7.75. The fourth-order valence-corrected chi connectivity index (χ4v) is 4.05. The molecule has 5 rings (SSSR count). The minimum Gasteiger partial charge on any atom is -0.488 e. The highest BCUT2D eigenvalue weighted by atomic mass is 16.5. The number of pyridine rings is 1. The van der Waals surface area contributed by atoms with Crippen LogP contribution in [0.1, 0.15) is 15.9 Å². The molecule has 3 aromatic heterocycles. The van der Waals surface area contributed by atoms with Crippen LogP contribution in [0.15, 0.2) is 85.5 Å². The van der Waals surface area contributed by atoms with Crippen molar-refractivity contribution in [2.75, 3.05) is 20.6 Å². The summed E-state index contributed by atoms with van der Waals surface area (Å²) < 4.78 is 9.97. The van der Waals surface area contributed by atoms with Crippen molar-refractivity contribution in [3.05, 3.63) is 96.6 Å². The van der Waals surface area contributed by atoms with Gasteiger partial charge in [-0.25, -0.2) is 4.98 Å². The molecule has 182 valence electrons. The van der Waals surface area contributed by atoms with Crippen LogP contribution in [-0.4, -0.2) is 50.6 Å². The zero-order chi connectivity index (χ0) is 25.1. The summed E-state index contributed by atoms with van der Waals surface area (Å²) in [5.41, 5.74) is 11.6. The lowest BCUT2D eigenvalue weighted by Gasteiger charge is -2.12. The first kappa shape index (κ1) is 23.3. The van der Waals surface area contributed by atoms with Crippen LogP contribution in [0, 0.1) is 0 Å². The van der Waals surface area contributed by atoms with Crippen LogP contribution in [0.5, 0.6) is 5.75 Å². The molecule has 0 saturated carbocycles. The molecule has 0 fully saturated rings. The summed E-state index contributed by atoms with van der Waals surface area (Å²) in [5, 5.41) is 4.48. The first-order valence-electron chi connectivity index (χ1n) is 11.7. The zero-order valence-corrected chi connectivity index (χ0v) is 20.3. The number of nitrogens with zero attached hydrogens (tertiary/aromatic N) is 5. The van der Waals surface area contributed by atoms with E-state index in [1.807, 2.05) is 90.3 Å². The second-order valence-corrected chi connectivity index (χ2v) is 8.93. The first-order valence-corrected chi connectivity index (χ1v) is 11.7. The van der Waals surface area contributed by atoms with E-state index < -0.39 is 5.91 Å². The van der Waals surface area contributed by atoms with Gasteiger partial charge in [0.05, 0.1) is 30.2 Å². The van der Waals surface area contributed by atoms with Crippen molar-refractivity contribution in [3.8, 4) is 28.1 Å². The third kappa shape index (κ3) is 4.99. The number of hydrogen-bond donors (Lipinski definition) is 1. The Labute approximate surface area is 209 Å². The number of amides is 1. The number of nitrogens with two attached hydrogens (primary N) is 1. The Morgan fingerprint density at radius 1 is 1.00 bits per heavy atom. The summed E-state index contributed by atoms with van der Waals surface area (Å²) in [5.74, 6) is -0.0842. The maximum atomic E-state index is 12.0. The Morgan fingerprint density at radius 2 is 1.83 bits per heavy atom. The third-order valence-corrected chi connectivity index (χ3v) is 6.04. The highest BCUT2D eigenvalue weighted by molar-refractivity contribution is 5.96. The predicted octanol–water partition coefficient (Wildman–Crippen LogP) is 4.10. The van der Waals surface area contributed by atoms with E-state index in [-0.39, 0.29) is 0 Å². The van der Waals surface area contributed by atoms with Gasteiger partial charge in [-0.05, 0) is 49.5 Å². The lowest BCUT2D eigenvalue weighted by atomic mass is 10.1. The van der Waals surface area contributed by atoms with Gasteiger partial charge in [0.15, 0.2) is 0 Å². The smallest absolute Gasteiger partial charge is 0.252 e. The minimum absolute atomic E-state index is 0.337. The lowest BCUT2D eigenvalue weighted by molar-refractivity contribution is 0.0996. The molecule has 0 bridgehead atoms. The summed E-state index contributed by atoms with van der Waals surface area (Å²) in [7, 11) is 4.10. The van der Waals surface area contributed by atoms with E-state index >= 15 is 0 Å². The van der Waals surface area contributed by atoms with Gasteiger partial charge in [0.25, 0.3) is 5.91 Å². The van der Waals surface area contributed by atoms with Crippen LogP contribution in [0.25, 0.3) is 28.0 Å². The van der Waals surface area contributed by atoms with E-state index in [1.165, 1.54) is 0 Å². The van der Waals surface area contributed by atoms with E-state index in [0.29, 0.717) is 17.9 Å². The molecule has 0 aliphatic carbocycles. The number of hydrogen-bond acceptors (Lipinski definition) is 5. The van der Waals surface area contributed by atoms with Crippen molar-refractivity contribution >= 4 is 11.6 Å². The van der Waals surface area contributed by atoms with E-state index in [2.05, 4.69) is 27.2 Å². The van der Waals surface area contributed by atoms with E-state index in [9.17, 15) is 4.79 Å². The average Bonchev–Trinajstić information content (AvgIpc) is 3.53. The summed E-state index contributed by atoms with van der Waals surface area (Å²) in [6, 6.07) is 19.3. The number of likely N-dealkylation sites (N-methyl/N-ethyl adjacent to an activating group) is 1. The van der Waals surface area contributed by atoms with Crippen molar-refractivity contribution in [1.29, 1.82) is 0 Å². The average molecular weight is 481 g/mol. The van der Waals surface area contributed by atoms with E-state index in [0.717, 1.165) is 46.7 Å². The SMILES string of the molecule is CN(C)CCn1cc(-c2ccn3c(-c4ccc(C(N)=O)c(OCc5ccccc5)c4)cnc3c2)cn1. The molecule has 1 amide bonds. The van der Waals surface area contributed by atoms with E-state index in [4.69, 9.17) is 10.5 Å². The maximum Gasteiger partial charge on any atom is 0.252 e. The molecule has 0 spiro atoms. The monoisotopic (exact) mass is 480 g/mol. The van der Waals surface area contributed by atoms with Crippen molar-refractivity contribution in [2.24, 2.45) is 5.73 Å². The number of primary amides is 1. The lowest BCUT2D eigenvalue weighted by Crippen LogP contribution is -2.18. The van der Waals surface area contributed by atoms with Crippen LogP contribution < -0.4 is 10.5 Å². The highest BCUT2D eigenvalue weighted by Crippen LogP contribution is 2.30. The van der Waals surface area contributed by atoms with Crippen molar-refractivity contribution in [3.63, 3.8) is 0 Å². The molecule has 0 aliphatic heterocycles. The van der Waals surface area contributed by atoms with Crippen molar-refractivity contribution in [1.82, 2.24) is 24.1 Å². The molecular weight excluding hydrogens is 452 g/mol. The largest absolute Gasteiger partial charge is 0.488 e. The molecule has 2 N–H and O–H groups in total. The summed E-state index contributed by atoms with van der Waals surface area (Å²) in [6.45, 7) is 2.09. The zero-order valence-electron chi connectivity index (χ0n) is 20.3. The molecule has 0 saturated heterocycles. The van der Waals surface area contributed by atoms with Crippen molar-refractivity contribution < 1.29 is 9.53 Å². The number of carbonyl (C=O) groups is 1. The van der Waals surface area contributed by atoms with Gasteiger partial charge < -0.3 is 15.4 Å². The molecular formula is C28H28N6O2. The second kappa shape index (κ2) is 10.1. The highest BCUT2D eigenvalue weighted by Gasteiger charge is 2.14. The fraction of sp³-hybridized carbons (Fsp3) is 0.179. The second-order valence-electron chi connectivity index (χ2n) is 8.93. The standard InChI is InChI=1S/C28H28N6O2/c1-32(2)12-13-33-18-23(16-31-33)21-10-11-34-25(17-30-27(34)15-21)22-8-9-24(28(29)35)26(14-22)36-19-20-6-4-3-5-7-20/h3-11,14-18H,12-13,19H2,1-2H3,(H2,29,35). The summed E-state index contributed by atoms with van der Waals surface area (Å²) >= 11 is 0. The molecule has 0 aliphatic rings. The molecule has 8 heteroatoms. The number of carbonyl (C=O) groups excluding carboxylic acids is 1. The van der Waals surface area contributed by atoms with Crippen molar-refractivity contribution in [2.45, 2.75) is 13.2 Å². The van der Waals surface area contributed by atoms with Crippen LogP contribution in [0.3, 0.4) is 0 Å². The number of rotatable bonds is 9. The minimum atomic E-state index is -0.529. The Morgan fingerprint density at radius 3 is 2.61 bits per heavy atom. The number of fused-ring (bicyclic) bond motifs is 1. The molecule has 3 heterocycles. The van der Waals surface area contributed by atoms with Gasteiger partial charge in [-0.3, -0.25) is 13.9 Å². The van der Waals surface area contributed by atoms with Gasteiger partial charge in [-0.1, -0.05) is 36.4 Å². The normalized spacial score (nSPS) is 11.3. The van der Waals surface area contributed by atoms with Crippen LogP contribution in [0.2, 0.25) is 0 Å². The van der Waals surface area contributed by atoms with Gasteiger partial charge in [0.2, 0.25) is 0 Å². The van der Waals surface area contributed by atoms with E-state index in [1.54, 1.807) is 6.07 Å². The Kier molecular flexibility index (Phi) is 6.51. The van der Waals surface area contributed by atoms with Crippen LogP contribution in [-0.2, 0) is 13.2 Å². The quantitative estimate of drug-likeness (QED) is 0.343. The van der Waals surface area contributed by atoms with Gasteiger partial charge in [0, 0.05) is 30.1 Å². The fourth-order valence-electron chi connectivity index (χ4n) is 4.05. The van der Waals surface area contributed by atoms with Gasteiger partial charge in [-0.2, -0.15) is 5.10 Å². The molecule has 36 heavy (non-hydrogen) atoms. The van der Waals surface area contributed by atoms with Gasteiger partial charge >= 0.3 is 0 Å². The molecule has 0 atom stereocenters. The molecule has 0 unspecified atom stereocenters. The number of aromatic nitrogens is 4. The molecule has 5 aromatic rings. The van der Waals surface area contributed by atoms with Gasteiger partial charge in [0.1, 0.15) is 18.0 Å². The predicted molar refractivity (Wildman–Crippen MR) is 140 cm³/mol. The maximum absolute atomic E-state index is 12.0. The van der Waals surface area contributed by atoms with Crippen LogP contribution >= 0.6 is 0 Å². The summed E-state index contributed by atoms with van der Waals surface area (Å²) in [4.78, 5) is 18.8. The Bertz CT molecular complexity index is 1500. The number of ether oxygens (including phenoxy) is 1. The topological polar surface area (TPSA) is 90.7 Å². The number of imidazole rings is 1. The number of benzene rings is 2. The third-order valence-electron chi connectivity index (χ3n) is 6.04. The Balaban J connectivity index is 1.42. The van der Waals surface area contributed by atoms with Gasteiger partial charge in [-0.15, -0.1) is 0 Å². The molecule has 8 nitrogen and oxygen atoms in total. The molecule has 2 aromatic carbocycles. The Hall–Kier alpha value is -4.43. The first-order chi connectivity index (χ1) is 17.5.